The summed E-state index contributed by atoms with van der Waals surface area (Å²) < 4.78 is 33.4. The first kappa shape index (κ1) is 16.8. The van der Waals surface area contributed by atoms with E-state index in [0.717, 1.165) is 21.5 Å². The Hall–Kier alpha value is -1.02. The summed E-state index contributed by atoms with van der Waals surface area (Å²) in [5.74, 6) is 1.54. The predicted molar refractivity (Wildman–Crippen MR) is 96.2 cm³/mol. The highest BCUT2D eigenvalue weighted by molar-refractivity contribution is 9.10. The van der Waals surface area contributed by atoms with Crippen LogP contribution in [0.1, 0.15) is 10.9 Å². The third-order valence-electron chi connectivity index (χ3n) is 3.65. The molecule has 0 spiro atoms. The maximum Gasteiger partial charge on any atom is 0.244 e. The van der Waals surface area contributed by atoms with Gasteiger partial charge in [-0.05, 0) is 35.9 Å². The number of thioether (sulfide) groups is 1. The van der Waals surface area contributed by atoms with E-state index in [1.165, 1.54) is 0 Å². The van der Waals surface area contributed by atoms with E-state index in [2.05, 4.69) is 15.9 Å². The molecule has 1 saturated heterocycles. The number of halogens is 1. The molecule has 0 amide bonds. The summed E-state index contributed by atoms with van der Waals surface area (Å²) in [5, 5.41) is -0.204. The molecule has 0 bridgehead atoms. The largest absolute Gasteiger partial charge is 0.497 e. The normalized spacial score (nSPS) is 19.0. The lowest BCUT2D eigenvalue weighted by molar-refractivity contribution is 0.413. The smallest absolute Gasteiger partial charge is 0.244 e. The Labute approximate surface area is 149 Å². The molecule has 1 atom stereocenters. The van der Waals surface area contributed by atoms with Gasteiger partial charge in [0.15, 0.2) is 0 Å². The molecule has 7 heteroatoms. The fraction of sp³-hybridized carbons (Fsp3) is 0.250. The zero-order chi connectivity index (χ0) is 16.4. The van der Waals surface area contributed by atoms with Gasteiger partial charge in [-0.15, -0.1) is 11.8 Å². The Bertz CT molecular complexity index is 793. The second kappa shape index (κ2) is 6.84. The van der Waals surface area contributed by atoms with E-state index in [-0.39, 0.29) is 5.37 Å². The van der Waals surface area contributed by atoms with Gasteiger partial charge in [-0.3, -0.25) is 0 Å². The lowest BCUT2D eigenvalue weighted by Gasteiger charge is -2.23. The molecule has 3 rings (SSSR count). The van der Waals surface area contributed by atoms with Crippen LogP contribution < -0.4 is 4.74 Å². The minimum atomic E-state index is -3.52. The molecule has 2 aromatic carbocycles. The molecular weight excluding hydrogens is 398 g/mol. The third kappa shape index (κ3) is 3.42. The van der Waals surface area contributed by atoms with Crippen molar-refractivity contribution < 1.29 is 13.2 Å². The molecule has 1 unspecified atom stereocenters. The van der Waals surface area contributed by atoms with E-state index in [4.69, 9.17) is 4.74 Å². The first-order valence-electron chi connectivity index (χ1n) is 7.05. The lowest BCUT2D eigenvalue weighted by atomic mass is 10.2. The van der Waals surface area contributed by atoms with Gasteiger partial charge >= 0.3 is 0 Å². The molecule has 122 valence electrons. The van der Waals surface area contributed by atoms with Crippen molar-refractivity contribution >= 4 is 37.7 Å². The zero-order valence-corrected chi connectivity index (χ0v) is 15.7. The van der Waals surface area contributed by atoms with Gasteiger partial charge in [0.25, 0.3) is 0 Å². The molecule has 0 aliphatic carbocycles. The van der Waals surface area contributed by atoms with Crippen LogP contribution in [-0.4, -0.2) is 32.1 Å². The van der Waals surface area contributed by atoms with Gasteiger partial charge < -0.3 is 4.74 Å². The second-order valence-electron chi connectivity index (χ2n) is 5.07. The number of methoxy groups -OCH3 is 1. The minimum absolute atomic E-state index is 0.204. The molecule has 0 N–H and O–H groups in total. The van der Waals surface area contributed by atoms with Crippen LogP contribution in [0.25, 0.3) is 0 Å². The van der Waals surface area contributed by atoms with Gasteiger partial charge in [0.1, 0.15) is 5.75 Å². The predicted octanol–water partition coefficient (Wildman–Crippen LogP) is 3.89. The fourth-order valence-electron chi connectivity index (χ4n) is 2.49. The SMILES string of the molecule is COc1ccc(C2SCCN2S(=O)(=O)c2cccc(Br)c2)cc1. The average Bonchev–Trinajstić information content (AvgIpc) is 3.05. The van der Waals surface area contributed by atoms with Gasteiger partial charge in [-0.2, -0.15) is 4.31 Å². The highest BCUT2D eigenvalue weighted by Crippen LogP contribution is 2.41. The summed E-state index contributed by atoms with van der Waals surface area (Å²) in [6.07, 6.45) is 0. The summed E-state index contributed by atoms with van der Waals surface area (Å²) in [6, 6.07) is 14.4. The molecule has 1 aliphatic rings. The number of ether oxygens (including phenoxy) is 1. The van der Waals surface area contributed by atoms with Crippen molar-refractivity contribution in [3.8, 4) is 5.75 Å². The van der Waals surface area contributed by atoms with Crippen molar-refractivity contribution in [2.24, 2.45) is 0 Å². The summed E-state index contributed by atoms with van der Waals surface area (Å²) in [6.45, 7) is 0.510. The van der Waals surface area contributed by atoms with Crippen LogP contribution in [0.15, 0.2) is 57.9 Å². The van der Waals surface area contributed by atoms with Crippen LogP contribution in [0.2, 0.25) is 0 Å². The van der Waals surface area contributed by atoms with Gasteiger partial charge in [0, 0.05) is 16.8 Å². The van der Waals surface area contributed by atoms with Crippen LogP contribution in [0, 0.1) is 0 Å². The van der Waals surface area contributed by atoms with Gasteiger partial charge in [-0.1, -0.05) is 34.1 Å². The number of hydrogen-bond acceptors (Lipinski definition) is 4. The van der Waals surface area contributed by atoms with Crippen molar-refractivity contribution in [1.29, 1.82) is 0 Å². The van der Waals surface area contributed by atoms with Gasteiger partial charge in [0.2, 0.25) is 10.0 Å². The highest BCUT2D eigenvalue weighted by Gasteiger charge is 2.36. The van der Waals surface area contributed by atoms with E-state index in [9.17, 15) is 8.42 Å². The molecule has 4 nitrogen and oxygen atoms in total. The monoisotopic (exact) mass is 413 g/mol. The maximum absolute atomic E-state index is 13.0. The van der Waals surface area contributed by atoms with Crippen molar-refractivity contribution in [3.05, 3.63) is 58.6 Å². The number of hydrogen-bond donors (Lipinski definition) is 0. The van der Waals surface area contributed by atoms with Crippen molar-refractivity contribution in [3.63, 3.8) is 0 Å². The van der Waals surface area contributed by atoms with Crippen LogP contribution in [0.3, 0.4) is 0 Å². The molecule has 23 heavy (non-hydrogen) atoms. The number of rotatable bonds is 4. The van der Waals surface area contributed by atoms with Crippen LogP contribution >= 0.6 is 27.7 Å². The first-order valence-corrected chi connectivity index (χ1v) is 10.3. The van der Waals surface area contributed by atoms with Crippen molar-refractivity contribution in [1.82, 2.24) is 4.31 Å². The molecule has 1 aliphatic heterocycles. The quantitative estimate of drug-likeness (QED) is 0.762. The van der Waals surface area contributed by atoms with Crippen LogP contribution in [0.4, 0.5) is 0 Å². The van der Waals surface area contributed by atoms with Crippen molar-refractivity contribution in [2.75, 3.05) is 19.4 Å². The fourth-order valence-corrected chi connectivity index (χ4v) is 6.33. The lowest BCUT2D eigenvalue weighted by Crippen LogP contribution is -2.30. The number of benzene rings is 2. The summed E-state index contributed by atoms with van der Waals surface area (Å²) in [4.78, 5) is 0.313. The summed E-state index contributed by atoms with van der Waals surface area (Å²) >= 11 is 4.97. The van der Waals surface area contributed by atoms with E-state index in [1.54, 1.807) is 41.4 Å². The Balaban J connectivity index is 1.94. The van der Waals surface area contributed by atoms with E-state index >= 15 is 0 Å². The molecule has 1 fully saturated rings. The Morgan fingerprint density at radius 3 is 2.61 bits per heavy atom. The van der Waals surface area contributed by atoms with E-state index in [0.29, 0.717) is 11.4 Å². The summed E-state index contributed by atoms with van der Waals surface area (Å²) in [5.41, 5.74) is 0.965. The molecule has 0 radical (unpaired) electrons. The molecule has 1 heterocycles. The van der Waals surface area contributed by atoms with Crippen LogP contribution in [-0.2, 0) is 10.0 Å². The maximum atomic E-state index is 13.0. The Morgan fingerprint density at radius 2 is 1.96 bits per heavy atom. The highest BCUT2D eigenvalue weighted by atomic mass is 79.9. The first-order chi connectivity index (χ1) is 11.0. The van der Waals surface area contributed by atoms with E-state index < -0.39 is 10.0 Å². The second-order valence-corrected chi connectivity index (χ2v) is 9.06. The molecule has 0 saturated carbocycles. The molecular formula is C16H16BrNO3S2. The Morgan fingerprint density at radius 1 is 1.22 bits per heavy atom. The average molecular weight is 414 g/mol. The van der Waals surface area contributed by atoms with Crippen molar-refractivity contribution in [2.45, 2.75) is 10.3 Å². The molecule has 2 aromatic rings. The third-order valence-corrected chi connectivity index (χ3v) is 7.40. The zero-order valence-electron chi connectivity index (χ0n) is 12.5. The summed E-state index contributed by atoms with van der Waals surface area (Å²) in [7, 11) is -1.91. The topological polar surface area (TPSA) is 46.6 Å². The van der Waals surface area contributed by atoms with Crippen LogP contribution in [0.5, 0.6) is 5.75 Å². The van der Waals surface area contributed by atoms with Gasteiger partial charge in [-0.25, -0.2) is 8.42 Å². The standard InChI is InChI=1S/C16H16BrNO3S2/c1-21-14-7-5-12(6-8-14)16-18(9-10-22-16)23(19,20)15-4-2-3-13(17)11-15/h2-8,11,16H,9-10H2,1H3. The molecule has 0 aromatic heterocycles. The number of nitrogens with zero attached hydrogens (tertiary/aromatic N) is 1. The number of sulfonamides is 1. The van der Waals surface area contributed by atoms with E-state index in [1.807, 2.05) is 30.3 Å². The minimum Gasteiger partial charge on any atom is -0.497 e. The van der Waals surface area contributed by atoms with Gasteiger partial charge in [0.05, 0.1) is 17.4 Å². The Kier molecular flexibility index (Phi) is 5.01.